The molecule has 0 bridgehead atoms. The van der Waals surface area contributed by atoms with Crippen molar-refractivity contribution in [3.63, 3.8) is 0 Å². The third-order valence-electron chi connectivity index (χ3n) is 3.72. The van der Waals surface area contributed by atoms with Gasteiger partial charge in [0.1, 0.15) is 5.82 Å². The summed E-state index contributed by atoms with van der Waals surface area (Å²) in [5.74, 6) is 0.968. The van der Waals surface area contributed by atoms with Crippen LogP contribution in [0.1, 0.15) is 37.7 Å². The Hall–Kier alpha value is -2.37. The van der Waals surface area contributed by atoms with Crippen molar-refractivity contribution in [1.29, 1.82) is 0 Å². The minimum Gasteiger partial charge on any atom is -0.362 e. The van der Waals surface area contributed by atoms with Crippen LogP contribution in [0.2, 0.25) is 0 Å². The maximum atomic E-state index is 4.57. The molecule has 3 aromatic rings. The number of anilines is 1. The van der Waals surface area contributed by atoms with Gasteiger partial charge in [-0.25, -0.2) is 4.98 Å². The Morgan fingerprint density at radius 3 is 2.67 bits per heavy atom. The molecule has 1 atom stereocenters. The van der Waals surface area contributed by atoms with Crippen LogP contribution in [-0.2, 0) is 13.5 Å². The predicted molar refractivity (Wildman–Crippen MR) is 82.2 cm³/mol. The lowest BCUT2D eigenvalue weighted by molar-refractivity contribution is 0.629. The predicted octanol–water partition coefficient (Wildman–Crippen LogP) is 2.59. The minimum atomic E-state index is 0.192. The van der Waals surface area contributed by atoms with Crippen molar-refractivity contribution in [2.24, 2.45) is 7.05 Å². The number of hydrogen-bond acceptors (Lipinski definition) is 4. The molecule has 3 heterocycles. The van der Waals surface area contributed by atoms with E-state index < -0.39 is 0 Å². The largest absolute Gasteiger partial charge is 0.362 e. The van der Waals surface area contributed by atoms with Crippen molar-refractivity contribution in [3.8, 4) is 0 Å². The molecule has 3 aromatic heterocycles. The number of nitrogens with zero attached hydrogens (tertiary/aromatic N) is 5. The zero-order chi connectivity index (χ0) is 14.8. The summed E-state index contributed by atoms with van der Waals surface area (Å²) in [6.07, 6.45) is 5.47. The Labute approximate surface area is 123 Å². The monoisotopic (exact) mass is 284 g/mol. The Morgan fingerprint density at radius 2 is 2.00 bits per heavy atom. The van der Waals surface area contributed by atoms with Crippen molar-refractivity contribution < 1.29 is 0 Å². The summed E-state index contributed by atoms with van der Waals surface area (Å²) in [5.41, 5.74) is 3.09. The molecular weight excluding hydrogens is 264 g/mol. The molecule has 0 fully saturated rings. The number of nitrogens with one attached hydrogen (secondary N) is 1. The van der Waals surface area contributed by atoms with Gasteiger partial charge < -0.3 is 5.32 Å². The Bertz CT molecular complexity index is 742. The van der Waals surface area contributed by atoms with E-state index in [1.807, 2.05) is 34.6 Å². The van der Waals surface area contributed by atoms with Crippen LogP contribution in [0.4, 0.5) is 5.82 Å². The third-order valence-corrected chi connectivity index (χ3v) is 3.72. The van der Waals surface area contributed by atoms with Crippen LogP contribution in [0.5, 0.6) is 0 Å². The summed E-state index contributed by atoms with van der Waals surface area (Å²) < 4.78 is 3.75. The van der Waals surface area contributed by atoms with Crippen LogP contribution in [0.25, 0.3) is 5.65 Å². The number of hydrogen-bond donors (Lipinski definition) is 1. The lowest BCUT2D eigenvalue weighted by Gasteiger charge is -2.19. The average Bonchev–Trinajstić information content (AvgIpc) is 3.13. The van der Waals surface area contributed by atoms with Crippen molar-refractivity contribution in [3.05, 3.63) is 42.0 Å². The van der Waals surface area contributed by atoms with Crippen LogP contribution < -0.4 is 5.32 Å². The van der Waals surface area contributed by atoms with E-state index in [-0.39, 0.29) is 6.04 Å². The van der Waals surface area contributed by atoms with Crippen molar-refractivity contribution in [1.82, 2.24) is 24.4 Å². The van der Waals surface area contributed by atoms with Gasteiger partial charge >= 0.3 is 0 Å². The van der Waals surface area contributed by atoms with Gasteiger partial charge in [0, 0.05) is 31.1 Å². The first-order valence-corrected chi connectivity index (χ1v) is 7.31. The first-order chi connectivity index (χ1) is 10.2. The van der Waals surface area contributed by atoms with E-state index in [1.165, 1.54) is 0 Å². The van der Waals surface area contributed by atoms with Crippen LogP contribution in [-0.4, -0.2) is 24.4 Å². The number of fused-ring (bicyclic) bond motifs is 1. The summed E-state index contributed by atoms with van der Waals surface area (Å²) >= 11 is 0. The van der Waals surface area contributed by atoms with E-state index in [9.17, 15) is 0 Å². The molecular formula is C15H20N6. The molecule has 6 nitrogen and oxygen atoms in total. The van der Waals surface area contributed by atoms with E-state index in [1.54, 1.807) is 6.20 Å². The fourth-order valence-corrected chi connectivity index (χ4v) is 2.54. The Balaban J connectivity index is 2.00. The molecule has 110 valence electrons. The Kier molecular flexibility index (Phi) is 3.60. The summed E-state index contributed by atoms with van der Waals surface area (Å²) in [4.78, 5) is 4.57. The van der Waals surface area contributed by atoms with E-state index in [4.69, 9.17) is 0 Å². The van der Waals surface area contributed by atoms with Crippen molar-refractivity contribution in [2.45, 2.75) is 32.7 Å². The third kappa shape index (κ3) is 2.49. The molecule has 0 radical (unpaired) electrons. The van der Waals surface area contributed by atoms with E-state index in [0.29, 0.717) is 0 Å². The summed E-state index contributed by atoms with van der Waals surface area (Å²) in [5, 5.41) is 12.2. The van der Waals surface area contributed by atoms with Gasteiger partial charge in [-0.05, 0) is 18.9 Å². The van der Waals surface area contributed by atoms with Gasteiger partial charge in [-0.2, -0.15) is 14.7 Å². The highest BCUT2D eigenvalue weighted by atomic mass is 15.3. The van der Waals surface area contributed by atoms with Gasteiger partial charge in [-0.3, -0.25) is 4.68 Å². The number of aromatic nitrogens is 5. The second kappa shape index (κ2) is 5.55. The first kappa shape index (κ1) is 13.6. The quantitative estimate of drug-likeness (QED) is 0.782. The second-order valence-corrected chi connectivity index (χ2v) is 5.07. The van der Waals surface area contributed by atoms with Crippen molar-refractivity contribution in [2.75, 3.05) is 5.32 Å². The van der Waals surface area contributed by atoms with Crippen LogP contribution in [0.3, 0.4) is 0 Å². The molecule has 0 unspecified atom stereocenters. The first-order valence-electron chi connectivity index (χ1n) is 7.31. The summed E-state index contributed by atoms with van der Waals surface area (Å²) in [6.45, 7) is 4.27. The van der Waals surface area contributed by atoms with E-state index in [0.717, 1.165) is 35.7 Å². The van der Waals surface area contributed by atoms with E-state index >= 15 is 0 Å². The Morgan fingerprint density at radius 1 is 1.19 bits per heavy atom. The lowest BCUT2D eigenvalue weighted by atomic mass is 10.1. The smallest absolute Gasteiger partial charge is 0.157 e. The van der Waals surface area contributed by atoms with Gasteiger partial charge in [-0.15, -0.1) is 0 Å². The molecule has 0 spiro atoms. The van der Waals surface area contributed by atoms with E-state index in [2.05, 4.69) is 40.4 Å². The van der Waals surface area contributed by atoms with Crippen LogP contribution in [0, 0.1) is 0 Å². The molecule has 0 saturated carbocycles. The number of aryl methyl sites for hydroxylation is 2. The lowest BCUT2D eigenvalue weighted by Crippen LogP contribution is -2.16. The van der Waals surface area contributed by atoms with Crippen molar-refractivity contribution >= 4 is 11.5 Å². The number of rotatable bonds is 5. The molecule has 0 aliphatic rings. The van der Waals surface area contributed by atoms with Gasteiger partial charge in [0.2, 0.25) is 0 Å². The minimum absolute atomic E-state index is 0.192. The molecule has 0 aliphatic heterocycles. The fourth-order valence-electron chi connectivity index (χ4n) is 2.54. The van der Waals surface area contributed by atoms with Gasteiger partial charge in [0.05, 0.1) is 17.9 Å². The fraction of sp³-hybridized carbons (Fsp3) is 0.400. The highest BCUT2D eigenvalue weighted by Gasteiger charge is 2.15. The van der Waals surface area contributed by atoms with Crippen LogP contribution in [0.15, 0.2) is 30.6 Å². The normalized spacial score (nSPS) is 12.7. The average molecular weight is 284 g/mol. The maximum absolute atomic E-state index is 4.57. The molecule has 21 heavy (non-hydrogen) atoms. The molecule has 1 N–H and O–H groups in total. The van der Waals surface area contributed by atoms with Crippen LogP contribution >= 0.6 is 0 Å². The SMILES string of the molecule is CCc1cc(N[C@H](CC)c2ccnn2C)n2nccc2n1. The topological polar surface area (TPSA) is 60.0 Å². The standard InChI is InChI=1S/C15H20N6/c1-4-11-10-15(21-14(18-11)7-9-17-21)19-12(5-2)13-6-8-16-20(13)3/h6-10,12,19H,4-5H2,1-3H3/t12-/m1/s1. The molecule has 3 rings (SSSR count). The summed E-state index contributed by atoms with van der Waals surface area (Å²) in [7, 11) is 1.97. The van der Waals surface area contributed by atoms with Gasteiger partial charge in [-0.1, -0.05) is 13.8 Å². The molecule has 0 aromatic carbocycles. The highest BCUT2D eigenvalue weighted by molar-refractivity contribution is 5.50. The molecule has 0 saturated heterocycles. The highest BCUT2D eigenvalue weighted by Crippen LogP contribution is 2.23. The van der Waals surface area contributed by atoms with Gasteiger partial charge in [0.15, 0.2) is 5.65 Å². The second-order valence-electron chi connectivity index (χ2n) is 5.07. The zero-order valence-corrected chi connectivity index (χ0v) is 12.6. The molecule has 6 heteroatoms. The van der Waals surface area contributed by atoms with Gasteiger partial charge in [0.25, 0.3) is 0 Å². The summed E-state index contributed by atoms with van der Waals surface area (Å²) in [6, 6.07) is 6.23. The molecule has 0 amide bonds. The zero-order valence-electron chi connectivity index (χ0n) is 12.6. The maximum Gasteiger partial charge on any atom is 0.157 e. The molecule has 0 aliphatic carbocycles.